The molecule has 1 aliphatic rings. The SMILES string of the molecule is CCOC(=O)/C=C1\NC(C)(C)Cc2cc(C)c(C)cc21. The standard InChI is InChI=1S/C17H23NO2/c1-6-20-16(19)9-15-14-8-12(3)11(2)7-13(14)10-17(4,5)18-15/h7-9,18H,6,10H2,1-5H3/b15-9-. The van der Waals surface area contributed by atoms with Crippen LogP contribution >= 0.6 is 0 Å². The van der Waals surface area contributed by atoms with E-state index in [2.05, 4.69) is 45.1 Å². The summed E-state index contributed by atoms with van der Waals surface area (Å²) < 4.78 is 5.03. The van der Waals surface area contributed by atoms with Crippen molar-refractivity contribution < 1.29 is 9.53 Å². The molecule has 3 heteroatoms. The Morgan fingerprint density at radius 1 is 1.35 bits per heavy atom. The molecule has 0 saturated carbocycles. The highest BCUT2D eigenvalue weighted by molar-refractivity contribution is 5.92. The second-order valence-corrected chi connectivity index (χ2v) is 6.09. The van der Waals surface area contributed by atoms with Gasteiger partial charge in [-0.2, -0.15) is 0 Å². The molecular weight excluding hydrogens is 250 g/mol. The maximum absolute atomic E-state index is 11.7. The zero-order chi connectivity index (χ0) is 14.9. The van der Waals surface area contributed by atoms with E-state index in [0.29, 0.717) is 6.61 Å². The van der Waals surface area contributed by atoms with Gasteiger partial charge < -0.3 is 10.1 Å². The van der Waals surface area contributed by atoms with Crippen molar-refractivity contribution in [3.8, 4) is 0 Å². The summed E-state index contributed by atoms with van der Waals surface area (Å²) >= 11 is 0. The van der Waals surface area contributed by atoms with Gasteiger partial charge in [-0.3, -0.25) is 0 Å². The van der Waals surface area contributed by atoms with E-state index < -0.39 is 0 Å². The molecule has 0 saturated heterocycles. The van der Waals surface area contributed by atoms with Crippen LogP contribution in [0.15, 0.2) is 18.2 Å². The van der Waals surface area contributed by atoms with Crippen molar-refractivity contribution in [2.24, 2.45) is 0 Å². The summed E-state index contributed by atoms with van der Waals surface area (Å²) in [4.78, 5) is 11.7. The highest BCUT2D eigenvalue weighted by Crippen LogP contribution is 2.31. The fourth-order valence-electron chi connectivity index (χ4n) is 2.64. The van der Waals surface area contributed by atoms with Crippen molar-refractivity contribution in [2.45, 2.75) is 46.6 Å². The molecule has 1 aromatic rings. The minimum absolute atomic E-state index is 0.0625. The first-order valence-corrected chi connectivity index (χ1v) is 7.09. The lowest BCUT2D eigenvalue weighted by Gasteiger charge is -2.36. The van der Waals surface area contributed by atoms with Gasteiger partial charge in [0.25, 0.3) is 0 Å². The Morgan fingerprint density at radius 2 is 2.00 bits per heavy atom. The molecule has 0 bridgehead atoms. The molecule has 0 aliphatic carbocycles. The number of nitrogens with one attached hydrogen (secondary N) is 1. The van der Waals surface area contributed by atoms with E-state index in [4.69, 9.17) is 4.74 Å². The number of benzene rings is 1. The van der Waals surface area contributed by atoms with Gasteiger partial charge >= 0.3 is 5.97 Å². The van der Waals surface area contributed by atoms with Crippen LogP contribution in [0.3, 0.4) is 0 Å². The maximum Gasteiger partial charge on any atom is 0.332 e. The molecule has 0 fully saturated rings. The molecular formula is C17H23NO2. The summed E-state index contributed by atoms with van der Waals surface area (Å²) in [5.74, 6) is -0.295. The van der Waals surface area contributed by atoms with E-state index in [1.807, 2.05) is 6.92 Å². The molecule has 1 aromatic carbocycles. The minimum atomic E-state index is -0.295. The molecule has 0 aromatic heterocycles. The number of carbonyl (C=O) groups excluding carboxylic acids is 1. The maximum atomic E-state index is 11.7. The summed E-state index contributed by atoms with van der Waals surface area (Å²) in [6.07, 6.45) is 2.52. The van der Waals surface area contributed by atoms with Crippen LogP contribution in [0.5, 0.6) is 0 Å². The van der Waals surface area contributed by atoms with Crippen molar-refractivity contribution in [1.82, 2.24) is 5.32 Å². The quantitative estimate of drug-likeness (QED) is 0.664. The van der Waals surface area contributed by atoms with Gasteiger partial charge in [0.15, 0.2) is 0 Å². The largest absolute Gasteiger partial charge is 0.463 e. The van der Waals surface area contributed by atoms with Gasteiger partial charge in [-0.05, 0) is 63.8 Å². The van der Waals surface area contributed by atoms with Gasteiger partial charge in [0.05, 0.1) is 6.61 Å². The smallest absolute Gasteiger partial charge is 0.332 e. The number of carbonyl (C=O) groups is 1. The number of aryl methyl sites for hydroxylation is 2. The van der Waals surface area contributed by atoms with Crippen molar-refractivity contribution in [3.05, 3.63) is 40.5 Å². The van der Waals surface area contributed by atoms with Gasteiger partial charge in [-0.25, -0.2) is 4.79 Å². The average Bonchev–Trinajstić information content (AvgIpc) is 2.31. The fourth-order valence-corrected chi connectivity index (χ4v) is 2.64. The van der Waals surface area contributed by atoms with Crippen LogP contribution in [0.25, 0.3) is 5.70 Å². The van der Waals surface area contributed by atoms with Crippen LogP contribution in [0.1, 0.15) is 43.0 Å². The summed E-state index contributed by atoms with van der Waals surface area (Å²) in [7, 11) is 0. The minimum Gasteiger partial charge on any atom is -0.463 e. The summed E-state index contributed by atoms with van der Waals surface area (Å²) in [5.41, 5.74) is 5.72. The highest BCUT2D eigenvalue weighted by atomic mass is 16.5. The van der Waals surface area contributed by atoms with Crippen LogP contribution in [-0.4, -0.2) is 18.1 Å². The third-order valence-corrected chi connectivity index (χ3v) is 3.66. The van der Waals surface area contributed by atoms with E-state index in [9.17, 15) is 4.79 Å². The second-order valence-electron chi connectivity index (χ2n) is 6.09. The van der Waals surface area contributed by atoms with E-state index in [1.54, 1.807) is 6.08 Å². The normalized spacial score (nSPS) is 18.4. The molecule has 20 heavy (non-hydrogen) atoms. The van der Waals surface area contributed by atoms with E-state index in [1.165, 1.54) is 16.7 Å². The highest BCUT2D eigenvalue weighted by Gasteiger charge is 2.28. The lowest BCUT2D eigenvalue weighted by atomic mass is 9.84. The van der Waals surface area contributed by atoms with Crippen LogP contribution < -0.4 is 5.32 Å². The number of rotatable bonds is 2. The van der Waals surface area contributed by atoms with E-state index in [-0.39, 0.29) is 11.5 Å². The van der Waals surface area contributed by atoms with Crippen molar-refractivity contribution in [3.63, 3.8) is 0 Å². The second kappa shape index (κ2) is 5.31. The Labute approximate surface area is 121 Å². The van der Waals surface area contributed by atoms with Crippen molar-refractivity contribution in [2.75, 3.05) is 6.61 Å². The lowest BCUT2D eigenvalue weighted by Crippen LogP contribution is -2.44. The number of hydrogen-bond acceptors (Lipinski definition) is 3. The molecule has 0 radical (unpaired) electrons. The van der Waals surface area contributed by atoms with E-state index >= 15 is 0 Å². The van der Waals surface area contributed by atoms with Crippen LogP contribution in [0, 0.1) is 13.8 Å². The molecule has 108 valence electrons. The Bertz CT molecular complexity index is 571. The molecule has 3 nitrogen and oxygen atoms in total. The molecule has 1 aliphatic heterocycles. The topological polar surface area (TPSA) is 38.3 Å². The van der Waals surface area contributed by atoms with E-state index in [0.717, 1.165) is 17.7 Å². The summed E-state index contributed by atoms with van der Waals surface area (Å²) in [6.45, 7) is 10.7. The van der Waals surface area contributed by atoms with Crippen LogP contribution in [0.4, 0.5) is 0 Å². The Kier molecular flexibility index (Phi) is 3.89. The predicted octanol–water partition coefficient (Wildman–Crippen LogP) is 3.13. The first-order chi connectivity index (χ1) is 9.32. The van der Waals surface area contributed by atoms with Crippen LogP contribution in [-0.2, 0) is 16.0 Å². The summed E-state index contributed by atoms with van der Waals surface area (Å²) in [5, 5.41) is 3.45. The van der Waals surface area contributed by atoms with Gasteiger partial charge in [0.1, 0.15) is 0 Å². The number of esters is 1. The Balaban J connectivity index is 2.49. The molecule has 0 unspecified atom stereocenters. The molecule has 0 atom stereocenters. The first-order valence-electron chi connectivity index (χ1n) is 7.09. The van der Waals surface area contributed by atoms with Gasteiger partial charge in [-0.15, -0.1) is 0 Å². The van der Waals surface area contributed by atoms with Crippen molar-refractivity contribution in [1.29, 1.82) is 0 Å². The molecule has 0 amide bonds. The van der Waals surface area contributed by atoms with Crippen LogP contribution in [0.2, 0.25) is 0 Å². The zero-order valence-corrected chi connectivity index (χ0v) is 13.0. The third kappa shape index (κ3) is 3.03. The molecule has 1 heterocycles. The summed E-state index contributed by atoms with van der Waals surface area (Å²) in [6, 6.07) is 4.38. The fraction of sp³-hybridized carbons (Fsp3) is 0.471. The van der Waals surface area contributed by atoms with Gasteiger partial charge in [0, 0.05) is 22.9 Å². The number of ether oxygens (including phenoxy) is 1. The molecule has 0 spiro atoms. The number of hydrogen-bond donors (Lipinski definition) is 1. The van der Waals surface area contributed by atoms with Gasteiger partial charge in [0.2, 0.25) is 0 Å². The number of fused-ring (bicyclic) bond motifs is 1. The lowest BCUT2D eigenvalue weighted by molar-refractivity contribution is -0.137. The predicted molar refractivity (Wildman–Crippen MR) is 81.4 cm³/mol. The molecule has 1 N–H and O–H groups in total. The van der Waals surface area contributed by atoms with Gasteiger partial charge in [-0.1, -0.05) is 6.07 Å². The Hall–Kier alpha value is -1.77. The average molecular weight is 273 g/mol. The monoisotopic (exact) mass is 273 g/mol. The third-order valence-electron chi connectivity index (χ3n) is 3.66. The zero-order valence-electron chi connectivity index (χ0n) is 13.0. The first kappa shape index (κ1) is 14.6. The van der Waals surface area contributed by atoms with Crippen molar-refractivity contribution >= 4 is 11.7 Å². The molecule has 2 rings (SSSR count). The Morgan fingerprint density at radius 3 is 2.65 bits per heavy atom.